The molecular weight excluding hydrogens is 283 g/mol. The Balaban J connectivity index is -0.000000000833. The molecule has 0 aliphatic heterocycles. The number of hydrogen-bond donors (Lipinski definition) is 1. The SMILES string of the molecule is C.CC.CN.[Ar].[Ar].[Ar].[CH3-].[Y]. The van der Waals surface area contributed by atoms with Crippen LogP contribution in [0.25, 0.3) is 0 Å². The molecule has 0 saturated carbocycles. The van der Waals surface area contributed by atoms with Crippen molar-refractivity contribution in [3.63, 3.8) is 0 Å². The van der Waals surface area contributed by atoms with E-state index in [9.17, 15) is 0 Å². The van der Waals surface area contributed by atoms with E-state index < -0.39 is 0 Å². The Kier molecular flexibility index (Phi) is 591. The second kappa shape index (κ2) is 97.3. The molecule has 0 aromatic rings. The third-order valence-electron chi connectivity index (χ3n) is 0. The van der Waals surface area contributed by atoms with Gasteiger partial charge in [-0.15, -0.1) is 0 Å². The summed E-state index contributed by atoms with van der Waals surface area (Å²) >= 11 is 0. The summed E-state index contributed by atoms with van der Waals surface area (Å²) in [7, 11) is 1.50. The molecule has 0 aliphatic rings. The average molecular weight is 301 g/mol. The minimum absolute atomic E-state index is 0. The number of hydrogen-bond acceptors (Lipinski definition) is 1. The van der Waals surface area contributed by atoms with Gasteiger partial charge >= 0.3 is 0 Å². The van der Waals surface area contributed by atoms with E-state index in [-0.39, 0.29) is 161 Å². The molecule has 0 unspecified atom stereocenters. The normalized spacial score (nSPS) is 1.20. The van der Waals surface area contributed by atoms with Gasteiger partial charge in [0.25, 0.3) is 0 Å². The van der Waals surface area contributed by atoms with E-state index in [1.54, 1.807) is 0 Å². The topological polar surface area (TPSA) is 26.0 Å². The van der Waals surface area contributed by atoms with Gasteiger partial charge in [-0.3, -0.25) is 0 Å². The molecule has 0 heterocycles. The second-order valence-electron chi connectivity index (χ2n) is 0. The first kappa shape index (κ1) is 60.7. The van der Waals surface area contributed by atoms with Gasteiger partial charge in [0, 0.05) is 146 Å². The van der Waals surface area contributed by atoms with Crippen LogP contribution in [0.5, 0.6) is 0 Å². The van der Waals surface area contributed by atoms with Crippen molar-refractivity contribution in [3.8, 4) is 0 Å². The molecule has 0 aliphatic carbocycles. The van der Waals surface area contributed by atoms with Crippen molar-refractivity contribution in [2.45, 2.75) is 21.3 Å². The minimum atomic E-state index is 0. The fourth-order valence-corrected chi connectivity index (χ4v) is 0. The second-order valence-corrected chi connectivity index (χ2v) is 0. The molecule has 1 radical (unpaired) electrons. The predicted octanol–water partition coefficient (Wildman–Crippen LogP) is 1.68. The van der Waals surface area contributed by atoms with E-state index in [2.05, 4.69) is 5.73 Å². The van der Waals surface area contributed by atoms with Gasteiger partial charge in [-0.2, -0.15) is 0 Å². The van der Waals surface area contributed by atoms with Gasteiger partial charge in [-0.05, 0) is 7.05 Å². The Morgan fingerprint density at radius 2 is 0.800 bits per heavy atom. The van der Waals surface area contributed by atoms with E-state index in [0.29, 0.717) is 0 Å². The van der Waals surface area contributed by atoms with Crippen LogP contribution >= 0.6 is 0 Å². The molecule has 2 N–H and O–H groups in total. The molecule has 5 heteroatoms. The molecule has 1 nitrogen and oxygen atoms in total. The van der Waals surface area contributed by atoms with E-state index in [1.165, 1.54) is 7.05 Å². The zero-order valence-electron chi connectivity index (χ0n) is 6.22. The van der Waals surface area contributed by atoms with Crippen LogP contribution in [0.3, 0.4) is 0 Å². The summed E-state index contributed by atoms with van der Waals surface area (Å²) in [4.78, 5) is 0. The molecule has 0 aromatic carbocycles. The van der Waals surface area contributed by atoms with Crippen LogP contribution in [0.2, 0.25) is 0 Å². The van der Waals surface area contributed by atoms with Gasteiger partial charge in [0.15, 0.2) is 0 Å². The van der Waals surface area contributed by atoms with Crippen molar-refractivity contribution in [3.05, 3.63) is 7.43 Å². The third-order valence-corrected chi connectivity index (χ3v) is 0. The minimum Gasteiger partial charge on any atom is -0.358 e. The molecule has 71 valence electrons. The van der Waals surface area contributed by atoms with Crippen molar-refractivity contribution in [2.75, 3.05) is 7.05 Å². The zero-order chi connectivity index (χ0) is 4.00. The van der Waals surface area contributed by atoms with Crippen LogP contribution in [0.1, 0.15) is 21.3 Å². The molecule has 0 aromatic heterocycles. The van der Waals surface area contributed by atoms with Crippen molar-refractivity contribution in [1.82, 2.24) is 0 Å². The molecule has 0 saturated heterocycles. The van der Waals surface area contributed by atoms with Crippen LogP contribution in [-0.2, 0) is 32.7 Å². The zero-order valence-corrected chi connectivity index (χ0v) is 11.2. The molecule has 10 heavy (non-hydrogen) atoms. The molecule has 0 bridgehead atoms. The summed E-state index contributed by atoms with van der Waals surface area (Å²) in [5.74, 6) is 0. The summed E-state index contributed by atoms with van der Waals surface area (Å²) < 4.78 is 0. The quantitative estimate of drug-likeness (QED) is 0.677. The first-order chi connectivity index (χ1) is 2.00. The van der Waals surface area contributed by atoms with Crippen LogP contribution in [0.4, 0.5) is 0 Å². The van der Waals surface area contributed by atoms with Crippen LogP contribution in [0.15, 0.2) is 0 Å². The van der Waals surface area contributed by atoms with E-state index in [0.717, 1.165) is 0 Å². The van der Waals surface area contributed by atoms with Crippen molar-refractivity contribution < 1.29 is 146 Å². The van der Waals surface area contributed by atoms with Gasteiger partial charge in [0.05, 0.1) is 0 Å². The Hall–Kier alpha value is 4.84. The fourth-order valence-electron chi connectivity index (χ4n) is 0. The van der Waals surface area contributed by atoms with E-state index in [4.69, 9.17) is 0 Å². The first-order valence-corrected chi connectivity index (χ1v) is 1.58. The van der Waals surface area contributed by atoms with Crippen LogP contribution in [-0.4, -0.2) is 7.05 Å². The summed E-state index contributed by atoms with van der Waals surface area (Å²) in [6, 6.07) is 0. The predicted molar refractivity (Wildman–Crippen MR) is 34.6 cm³/mol. The maximum Gasteiger partial charge on any atom is 0 e. The number of rotatable bonds is 0. The smallest absolute Gasteiger partial charge is 0 e. The van der Waals surface area contributed by atoms with Crippen molar-refractivity contribution >= 4 is 0 Å². The van der Waals surface area contributed by atoms with E-state index in [1.807, 2.05) is 13.8 Å². The standard InChI is InChI=1S/C2H6.CH5N.CH4.CH3.3Ar.Y/c2*1-2;;;;;;/h1-2H3;2H2,1H3;1H4;1H3;;;;/q;;;-1;;;;. The van der Waals surface area contributed by atoms with Crippen LogP contribution < -0.4 is 5.73 Å². The van der Waals surface area contributed by atoms with Gasteiger partial charge in [0.1, 0.15) is 0 Å². The summed E-state index contributed by atoms with van der Waals surface area (Å²) in [6.07, 6.45) is 0. The first-order valence-electron chi connectivity index (χ1n) is 1.58. The molecule has 0 rings (SSSR count). The Labute approximate surface area is 182 Å². The monoisotopic (exact) mass is 301 g/mol. The molecular formula is C5H18Ar3NY-. The number of nitrogens with two attached hydrogens (primary N) is 1. The van der Waals surface area contributed by atoms with Gasteiger partial charge in [0.2, 0.25) is 0 Å². The van der Waals surface area contributed by atoms with Crippen molar-refractivity contribution in [1.29, 1.82) is 0 Å². The summed E-state index contributed by atoms with van der Waals surface area (Å²) in [6.45, 7) is 4.00. The maximum absolute atomic E-state index is 4.50. The van der Waals surface area contributed by atoms with Crippen molar-refractivity contribution in [2.24, 2.45) is 5.73 Å². The Morgan fingerprint density at radius 1 is 0.800 bits per heavy atom. The molecule has 0 fully saturated rings. The van der Waals surface area contributed by atoms with Gasteiger partial charge in [-0.1, -0.05) is 21.3 Å². The molecule has 0 spiro atoms. The van der Waals surface area contributed by atoms with Gasteiger partial charge < -0.3 is 13.2 Å². The summed E-state index contributed by atoms with van der Waals surface area (Å²) in [5.41, 5.74) is 4.50. The molecule has 0 amide bonds. The maximum atomic E-state index is 4.50. The Bertz CT molecular complexity index is 16.9. The largest absolute Gasteiger partial charge is 0.358 e. The average Bonchev–Trinajstić information content (AvgIpc) is 1.50. The molecule has 0 atom stereocenters. The van der Waals surface area contributed by atoms with Gasteiger partial charge in [-0.25, -0.2) is 0 Å². The van der Waals surface area contributed by atoms with Crippen LogP contribution in [0, 0.1) is 121 Å². The third kappa shape index (κ3) is 76.8. The fraction of sp³-hybridized carbons (Fsp3) is 0.800. The Morgan fingerprint density at radius 3 is 0.800 bits per heavy atom. The van der Waals surface area contributed by atoms with E-state index >= 15 is 0 Å². The summed E-state index contributed by atoms with van der Waals surface area (Å²) in [5, 5.41) is 0.